The summed E-state index contributed by atoms with van der Waals surface area (Å²) in [5, 5.41) is 23.6. The zero-order chi connectivity index (χ0) is 12.6. The molecule has 0 heterocycles. The van der Waals surface area contributed by atoms with Crippen molar-refractivity contribution in [3.63, 3.8) is 0 Å². The van der Waals surface area contributed by atoms with Crippen LogP contribution < -0.4 is 21.7 Å². The largest absolute Gasteiger partial charge is 0.480 e. The average Bonchev–Trinajstić information content (AvgIpc) is 2.20. The maximum absolute atomic E-state index is 11.0. The molecule has 0 bridgehead atoms. The summed E-state index contributed by atoms with van der Waals surface area (Å²) in [4.78, 5) is 31.7. The molecule has 0 rings (SSSR count). The predicted octanol–water partition coefficient (Wildman–Crippen LogP) is -2.60. The number of aliphatic hydroxyl groups excluding tert-OH is 1. The topological polar surface area (TPSA) is 154 Å². The molecule has 0 aromatic heterocycles. The number of carbonyl (C=O) groups excluding carboxylic acids is 2. The molecule has 0 aromatic carbocycles. The smallest absolute Gasteiger partial charge is 0.328 e. The van der Waals surface area contributed by atoms with Gasteiger partial charge in [-0.05, 0) is 0 Å². The fourth-order valence-electron chi connectivity index (χ4n) is 0.756. The van der Waals surface area contributed by atoms with Crippen LogP contribution >= 0.6 is 0 Å². The van der Waals surface area contributed by atoms with E-state index < -0.39 is 30.7 Å². The maximum atomic E-state index is 11.0. The van der Waals surface area contributed by atoms with Crippen LogP contribution in [0.5, 0.6) is 0 Å². The van der Waals surface area contributed by atoms with E-state index in [0.29, 0.717) is 0 Å². The van der Waals surface area contributed by atoms with Crippen molar-refractivity contribution in [1.29, 1.82) is 0 Å². The summed E-state index contributed by atoms with van der Waals surface area (Å²) >= 11 is 0. The first-order valence-electron chi connectivity index (χ1n) is 4.38. The van der Waals surface area contributed by atoms with Crippen molar-refractivity contribution < 1.29 is 24.6 Å². The number of aliphatic hydroxyl groups is 1. The Hall–Kier alpha value is -2.03. The van der Waals surface area contributed by atoms with E-state index in [1.54, 1.807) is 0 Å². The van der Waals surface area contributed by atoms with Gasteiger partial charge in [-0.1, -0.05) is 0 Å². The van der Waals surface area contributed by atoms with Gasteiger partial charge in [0.1, 0.15) is 0 Å². The van der Waals surface area contributed by atoms with E-state index >= 15 is 0 Å². The lowest BCUT2D eigenvalue weighted by Gasteiger charge is -2.12. The van der Waals surface area contributed by atoms with Crippen LogP contribution in [0.1, 0.15) is 0 Å². The zero-order valence-corrected chi connectivity index (χ0v) is 8.40. The van der Waals surface area contributed by atoms with E-state index in [0.717, 1.165) is 0 Å². The van der Waals surface area contributed by atoms with E-state index in [1.165, 1.54) is 0 Å². The van der Waals surface area contributed by atoms with Crippen molar-refractivity contribution in [2.75, 3.05) is 19.7 Å². The summed E-state index contributed by atoms with van der Waals surface area (Å²) in [7, 11) is 0. The summed E-state index contributed by atoms with van der Waals surface area (Å²) in [6.45, 7) is -0.492. The Morgan fingerprint density at radius 3 is 2.19 bits per heavy atom. The Morgan fingerprint density at radius 2 is 1.75 bits per heavy atom. The fourth-order valence-corrected chi connectivity index (χ4v) is 0.756. The van der Waals surface area contributed by atoms with Gasteiger partial charge in [-0.2, -0.15) is 0 Å². The number of hydrogen-bond acceptors (Lipinski definition) is 4. The van der Waals surface area contributed by atoms with Gasteiger partial charge in [0, 0.05) is 13.1 Å². The molecule has 16 heavy (non-hydrogen) atoms. The maximum Gasteiger partial charge on any atom is 0.328 e. The SMILES string of the molecule is NC(=O)NCCNC(=O)N[C@H](CO)C(=O)O. The minimum atomic E-state index is -1.36. The van der Waals surface area contributed by atoms with E-state index in [1.807, 2.05) is 5.32 Å². The van der Waals surface area contributed by atoms with Crippen molar-refractivity contribution in [1.82, 2.24) is 16.0 Å². The van der Waals surface area contributed by atoms with Gasteiger partial charge in [-0.3, -0.25) is 0 Å². The van der Waals surface area contributed by atoms with E-state index in [2.05, 4.69) is 10.6 Å². The highest BCUT2D eigenvalue weighted by molar-refractivity contribution is 5.82. The first kappa shape index (κ1) is 14.0. The van der Waals surface area contributed by atoms with Crippen molar-refractivity contribution in [3.8, 4) is 0 Å². The Labute approximate surface area is 91.0 Å². The van der Waals surface area contributed by atoms with Gasteiger partial charge >= 0.3 is 18.0 Å². The summed E-state index contributed by atoms with van der Waals surface area (Å²) in [6.07, 6.45) is 0. The molecule has 0 fully saturated rings. The first-order chi connectivity index (χ1) is 7.47. The van der Waals surface area contributed by atoms with Crippen molar-refractivity contribution >= 4 is 18.0 Å². The summed E-state index contributed by atoms with van der Waals surface area (Å²) in [5.41, 5.74) is 4.76. The lowest BCUT2D eigenvalue weighted by Crippen LogP contribution is -2.49. The van der Waals surface area contributed by atoms with Gasteiger partial charge < -0.3 is 31.9 Å². The number of carbonyl (C=O) groups is 3. The Bertz CT molecular complexity index is 270. The lowest BCUT2D eigenvalue weighted by molar-refractivity contribution is -0.140. The lowest BCUT2D eigenvalue weighted by atomic mass is 10.3. The number of hydrogen-bond donors (Lipinski definition) is 6. The number of amides is 4. The van der Waals surface area contributed by atoms with Crippen LogP contribution in [0.15, 0.2) is 0 Å². The van der Waals surface area contributed by atoms with Crippen LogP contribution in [0, 0.1) is 0 Å². The van der Waals surface area contributed by atoms with Crippen LogP contribution in [-0.4, -0.2) is 54.0 Å². The molecule has 0 aliphatic carbocycles. The number of aliphatic carboxylic acids is 1. The molecule has 0 spiro atoms. The third kappa shape index (κ3) is 6.43. The van der Waals surface area contributed by atoms with E-state index in [-0.39, 0.29) is 13.1 Å². The average molecular weight is 234 g/mol. The van der Waals surface area contributed by atoms with Gasteiger partial charge in [-0.25, -0.2) is 14.4 Å². The third-order valence-electron chi connectivity index (χ3n) is 1.50. The molecule has 0 saturated heterocycles. The third-order valence-corrected chi connectivity index (χ3v) is 1.50. The number of nitrogens with two attached hydrogens (primary N) is 1. The second-order valence-corrected chi connectivity index (χ2v) is 2.76. The molecule has 0 radical (unpaired) electrons. The summed E-state index contributed by atoms with van der Waals surface area (Å²) in [5.74, 6) is -1.34. The summed E-state index contributed by atoms with van der Waals surface area (Å²) in [6, 6.07) is -2.84. The van der Waals surface area contributed by atoms with Crippen molar-refractivity contribution in [2.24, 2.45) is 5.73 Å². The number of rotatable bonds is 6. The number of primary amides is 1. The van der Waals surface area contributed by atoms with Crippen LogP contribution in [-0.2, 0) is 4.79 Å². The molecular weight excluding hydrogens is 220 g/mol. The predicted molar refractivity (Wildman–Crippen MR) is 52.6 cm³/mol. The number of nitrogens with one attached hydrogen (secondary N) is 3. The molecule has 4 amide bonds. The minimum Gasteiger partial charge on any atom is -0.480 e. The molecule has 0 aromatic rings. The highest BCUT2D eigenvalue weighted by Gasteiger charge is 2.17. The molecular formula is C7H14N4O5. The molecule has 9 heteroatoms. The Morgan fingerprint density at radius 1 is 1.19 bits per heavy atom. The Kier molecular flexibility index (Phi) is 6.36. The number of urea groups is 2. The van der Waals surface area contributed by atoms with Crippen LogP contribution in [0.4, 0.5) is 9.59 Å². The molecule has 92 valence electrons. The molecule has 1 atom stereocenters. The fraction of sp³-hybridized carbons (Fsp3) is 0.571. The van der Waals surface area contributed by atoms with Gasteiger partial charge in [-0.15, -0.1) is 0 Å². The molecule has 0 unspecified atom stereocenters. The molecule has 0 saturated carbocycles. The second-order valence-electron chi connectivity index (χ2n) is 2.76. The molecule has 0 aliphatic rings. The highest BCUT2D eigenvalue weighted by atomic mass is 16.4. The summed E-state index contributed by atoms with van der Waals surface area (Å²) < 4.78 is 0. The first-order valence-corrected chi connectivity index (χ1v) is 4.38. The Balaban J connectivity index is 3.73. The van der Waals surface area contributed by atoms with Crippen LogP contribution in [0.25, 0.3) is 0 Å². The molecule has 7 N–H and O–H groups in total. The number of carboxylic acid groups (broad SMARTS) is 1. The van der Waals surface area contributed by atoms with E-state index in [4.69, 9.17) is 15.9 Å². The minimum absolute atomic E-state index is 0.0898. The number of carboxylic acids is 1. The van der Waals surface area contributed by atoms with Crippen molar-refractivity contribution in [2.45, 2.75) is 6.04 Å². The van der Waals surface area contributed by atoms with Crippen LogP contribution in [0.3, 0.4) is 0 Å². The quantitative estimate of drug-likeness (QED) is 0.278. The van der Waals surface area contributed by atoms with Crippen molar-refractivity contribution in [3.05, 3.63) is 0 Å². The molecule has 9 nitrogen and oxygen atoms in total. The van der Waals surface area contributed by atoms with Gasteiger partial charge in [0.15, 0.2) is 6.04 Å². The van der Waals surface area contributed by atoms with Gasteiger partial charge in [0.05, 0.1) is 6.61 Å². The molecule has 0 aliphatic heterocycles. The second kappa shape index (κ2) is 7.29. The van der Waals surface area contributed by atoms with E-state index in [9.17, 15) is 14.4 Å². The highest BCUT2D eigenvalue weighted by Crippen LogP contribution is 1.81. The van der Waals surface area contributed by atoms with Gasteiger partial charge in [0.2, 0.25) is 0 Å². The standard InChI is InChI=1S/C7H14N4O5/c8-6(15)9-1-2-10-7(16)11-4(3-12)5(13)14/h4,12H,1-3H2,(H,13,14)(H3,8,9,15)(H2,10,11,16)/t4-/m1/s1. The normalized spacial score (nSPS) is 11.3. The van der Waals surface area contributed by atoms with Crippen LogP contribution in [0.2, 0.25) is 0 Å². The monoisotopic (exact) mass is 234 g/mol. The van der Waals surface area contributed by atoms with Gasteiger partial charge in [0.25, 0.3) is 0 Å². The zero-order valence-electron chi connectivity index (χ0n) is 8.40.